The molecular formula is C15H18BrN3O2. The number of benzene rings is 1. The normalized spacial score (nSPS) is 22.9. The number of hydrogen-bond acceptors (Lipinski definition) is 3. The summed E-state index contributed by atoms with van der Waals surface area (Å²) < 4.78 is 1.06. The van der Waals surface area contributed by atoms with E-state index in [2.05, 4.69) is 33.0 Å². The lowest BCUT2D eigenvalue weighted by atomic mass is 10.1. The summed E-state index contributed by atoms with van der Waals surface area (Å²) in [6.45, 7) is 5.17. The second-order valence-corrected chi connectivity index (χ2v) is 6.35. The van der Waals surface area contributed by atoms with Crippen LogP contribution in [0, 0.1) is 0 Å². The van der Waals surface area contributed by atoms with Crippen LogP contribution in [0.3, 0.4) is 0 Å². The summed E-state index contributed by atoms with van der Waals surface area (Å²) in [5.74, 6) is -0.0528. The van der Waals surface area contributed by atoms with E-state index < -0.39 is 0 Å². The summed E-state index contributed by atoms with van der Waals surface area (Å²) in [4.78, 5) is 29.7. The van der Waals surface area contributed by atoms with E-state index in [0.29, 0.717) is 19.6 Å². The van der Waals surface area contributed by atoms with E-state index in [1.807, 2.05) is 19.1 Å². The number of piperazine rings is 1. The minimum Gasteiger partial charge on any atom is -0.310 e. The van der Waals surface area contributed by atoms with Gasteiger partial charge in [-0.05, 0) is 24.6 Å². The van der Waals surface area contributed by atoms with E-state index >= 15 is 0 Å². The van der Waals surface area contributed by atoms with Crippen molar-refractivity contribution in [1.29, 1.82) is 0 Å². The number of nitrogens with zero attached hydrogens (tertiary/aromatic N) is 3. The fourth-order valence-electron chi connectivity index (χ4n) is 2.99. The quantitative estimate of drug-likeness (QED) is 0.781. The van der Waals surface area contributed by atoms with Gasteiger partial charge in [0, 0.05) is 37.2 Å². The largest absolute Gasteiger partial charge is 0.327 e. The molecule has 5 nitrogen and oxygen atoms in total. The van der Waals surface area contributed by atoms with E-state index in [4.69, 9.17) is 0 Å². The smallest absolute Gasteiger partial charge is 0.310 e. The molecule has 0 unspecified atom stereocenters. The lowest BCUT2D eigenvalue weighted by molar-refractivity contribution is -0.129. The van der Waals surface area contributed by atoms with Crippen LogP contribution in [-0.4, -0.2) is 58.9 Å². The molecule has 1 atom stereocenters. The van der Waals surface area contributed by atoms with Gasteiger partial charge in [-0.3, -0.25) is 14.6 Å². The highest BCUT2D eigenvalue weighted by molar-refractivity contribution is 9.10. The molecule has 3 rings (SSSR count). The van der Waals surface area contributed by atoms with Gasteiger partial charge in [-0.15, -0.1) is 0 Å². The molecule has 0 radical (unpaired) electrons. The number of fused-ring (bicyclic) bond motifs is 1. The number of halogens is 1. The van der Waals surface area contributed by atoms with Crippen LogP contribution in [-0.2, 0) is 11.3 Å². The molecule has 1 aromatic carbocycles. The van der Waals surface area contributed by atoms with E-state index in [1.54, 1.807) is 4.90 Å². The molecule has 0 aliphatic carbocycles. The maximum atomic E-state index is 12.3. The van der Waals surface area contributed by atoms with Gasteiger partial charge in [0.1, 0.15) is 6.04 Å². The molecule has 2 heterocycles. The monoisotopic (exact) mass is 351 g/mol. The molecule has 1 aromatic rings. The fraction of sp³-hybridized carbons (Fsp3) is 0.467. The zero-order valence-electron chi connectivity index (χ0n) is 12.0. The Hall–Kier alpha value is -1.40. The van der Waals surface area contributed by atoms with Crippen molar-refractivity contribution < 1.29 is 9.59 Å². The maximum Gasteiger partial charge on any atom is 0.327 e. The van der Waals surface area contributed by atoms with Gasteiger partial charge in [-0.2, -0.15) is 0 Å². The molecule has 6 heteroatoms. The van der Waals surface area contributed by atoms with Gasteiger partial charge in [0.25, 0.3) is 5.91 Å². The highest BCUT2D eigenvalue weighted by Crippen LogP contribution is 2.23. The number of hydrogen-bond donors (Lipinski definition) is 0. The third kappa shape index (κ3) is 2.70. The third-order valence-corrected chi connectivity index (χ3v) is 4.66. The molecule has 3 amide bonds. The summed E-state index contributed by atoms with van der Waals surface area (Å²) in [6.07, 6.45) is 0. The first-order valence-electron chi connectivity index (χ1n) is 7.19. The topological polar surface area (TPSA) is 43.9 Å². The summed E-state index contributed by atoms with van der Waals surface area (Å²) in [5.41, 5.74) is 1.22. The minimum absolute atomic E-state index is 0.0528. The Kier molecular flexibility index (Phi) is 3.99. The summed E-state index contributed by atoms with van der Waals surface area (Å²) in [5, 5.41) is 0. The van der Waals surface area contributed by atoms with Crippen LogP contribution in [0.2, 0.25) is 0 Å². The number of urea groups is 1. The lowest BCUT2D eigenvalue weighted by Gasteiger charge is -2.35. The minimum atomic E-state index is -0.304. The number of amides is 3. The first kappa shape index (κ1) is 14.5. The second-order valence-electron chi connectivity index (χ2n) is 5.44. The first-order valence-corrected chi connectivity index (χ1v) is 7.98. The van der Waals surface area contributed by atoms with Gasteiger partial charge in [0.15, 0.2) is 0 Å². The molecule has 21 heavy (non-hydrogen) atoms. The average Bonchev–Trinajstić information content (AvgIpc) is 2.73. The van der Waals surface area contributed by atoms with Gasteiger partial charge in [-0.25, -0.2) is 4.79 Å². The molecule has 0 spiro atoms. The molecule has 2 aliphatic heterocycles. The number of likely N-dealkylation sites (N-methyl/N-ethyl adjacent to an activating group) is 1. The molecule has 2 aliphatic rings. The van der Waals surface area contributed by atoms with Crippen molar-refractivity contribution in [2.24, 2.45) is 0 Å². The lowest BCUT2D eigenvalue weighted by Crippen LogP contribution is -2.52. The predicted molar refractivity (Wildman–Crippen MR) is 82.7 cm³/mol. The van der Waals surface area contributed by atoms with Crippen LogP contribution in [0.1, 0.15) is 12.5 Å². The van der Waals surface area contributed by atoms with Crippen LogP contribution in [0.4, 0.5) is 4.79 Å². The zero-order chi connectivity index (χ0) is 15.0. The van der Waals surface area contributed by atoms with Crippen molar-refractivity contribution in [2.45, 2.75) is 19.5 Å². The van der Waals surface area contributed by atoms with Crippen molar-refractivity contribution in [2.75, 3.05) is 26.2 Å². The highest BCUT2D eigenvalue weighted by atomic mass is 79.9. The van der Waals surface area contributed by atoms with Gasteiger partial charge in [0.05, 0.1) is 0 Å². The van der Waals surface area contributed by atoms with Crippen LogP contribution < -0.4 is 0 Å². The average molecular weight is 352 g/mol. The number of carbonyl (C=O) groups is 2. The Morgan fingerprint density at radius 2 is 1.90 bits per heavy atom. The van der Waals surface area contributed by atoms with Gasteiger partial charge >= 0.3 is 6.03 Å². The van der Waals surface area contributed by atoms with E-state index in [-0.39, 0.29) is 18.0 Å². The van der Waals surface area contributed by atoms with E-state index in [0.717, 1.165) is 17.6 Å². The second kappa shape index (κ2) is 5.77. The molecule has 0 N–H and O–H groups in total. The Labute approximate surface area is 132 Å². The van der Waals surface area contributed by atoms with Crippen molar-refractivity contribution >= 4 is 27.9 Å². The van der Waals surface area contributed by atoms with Crippen molar-refractivity contribution in [3.8, 4) is 0 Å². The van der Waals surface area contributed by atoms with Crippen LogP contribution >= 0.6 is 15.9 Å². The molecule has 2 fully saturated rings. The first-order chi connectivity index (χ1) is 10.1. The number of imide groups is 1. The summed E-state index contributed by atoms with van der Waals surface area (Å²) >= 11 is 3.43. The Bertz CT molecular complexity index is 561. The molecule has 0 saturated carbocycles. The third-order valence-electron chi connectivity index (χ3n) is 4.13. The van der Waals surface area contributed by atoms with Crippen LogP contribution in [0.25, 0.3) is 0 Å². The van der Waals surface area contributed by atoms with Gasteiger partial charge in [0.2, 0.25) is 0 Å². The van der Waals surface area contributed by atoms with Crippen molar-refractivity contribution in [1.82, 2.24) is 14.7 Å². The van der Waals surface area contributed by atoms with Gasteiger partial charge < -0.3 is 4.90 Å². The molecule has 0 bridgehead atoms. The predicted octanol–water partition coefficient (Wildman–Crippen LogP) is 1.92. The number of rotatable bonds is 3. The molecule has 0 aromatic heterocycles. The molecular weight excluding hydrogens is 334 g/mol. The Balaban J connectivity index is 1.68. The van der Waals surface area contributed by atoms with Crippen LogP contribution in [0.5, 0.6) is 0 Å². The van der Waals surface area contributed by atoms with E-state index in [9.17, 15) is 9.59 Å². The summed E-state index contributed by atoms with van der Waals surface area (Å²) in [6, 6.07) is 7.77. The maximum absolute atomic E-state index is 12.3. The van der Waals surface area contributed by atoms with Crippen molar-refractivity contribution in [3.63, 3.8) is 0 Å². The molecule has 112 valence electrons. The summed E-state index contributed by atoms with van der Waals surface area (Å²) in [7, 11) is 0. The van der Waals surface area contributed by atoms with Gasteiger partial charge in [-0.1, -0.05) is 28.1 Å². The Morgan fingerprint density at radius 3 is 2.57 bits per heavy atom. The standard InChI is InChI=1S/C15H18BrN3O2/c1-2-18-14(20)13-10-17(7-8-19(13)15(18)21)9-11-3-5-12(16)6-4-11/h3-6,13H,2,7-10H2,1H3/t13-/m0/s1. The Morgan fingerprint density at radius 1 is 1.19 bits per heavy atom. The number of carbonyl (C=O) groups excluding carboxylic acids is 2. The molecule has 2 saturated heterocycles. The highest BCUT2D eigenvalue weighted by Gasteiger charge is 2.46. The zero-order valence-corrected chi connectivity index (χ0v) is 13.5. The van der Waals surface area contributed by atoms with E-state index in [1.165, 1.54) is 10.5 Å². The van der Waals surface area contributed by atoms with Crippen LogP contribution in [0.15, 0.2) is 28.7 Å². The van der Waals surface area contributed by atoms with Crippen molar-refractivity contribution in [3.05, 3.63) is 34.3 Å². The fourth-order valence-corrected chi connectivity index (χ4v) is 3.26. The SMILES string of the molecule is CCN1C(=O)[C@@H]2CN(Cc3ccc(Br)cc3)CCN2C1=O.